The largest absolute Gasteiger partial charge is 0.494 e. The first-order chi connectivity index (χ1) is 14.1. The van der Waals surface area contributed by atoms with E-state index in [0.29, 0.717) is 17.2 Å². The van der Waals surface area contributed by atoms with Gasteiger partial charge in [-0.3, -0.25) is 4.79 Å². The molecule has 4 rings (SSSR count). The van der Waals surface area contributed by atoms with Crippen LogP contribution in [0.1, 0.15) is 22.3 Å². The van der Waals surface area contributed by atoms with Crippen LogP contribution in [0.4, 0.5) is 5.69 Å². The Kier molecular flexibility index (Phi) is 5.39. The third kappa shape index (κ3) is 4.20. The first-order valence-electron chi connectivity index (χ1n) is 9.24. The number of anilines is 1. The number of rotatable bonds is 6. The molecule has 1 amide bonds. The van der Waals surface area contributed by atoms with E-state index in [1.54, 1.807) is 12.5 Å². The highest BCUT2D eigenvalue weighted by Gasteiger charge is 2.16. The summed E-state index contributed by atoms with van der Waals surface area (Å²) in [6, 6.07) is 15.4. The van der Waals surface area contributed by atoms with Gasteiger partial charge in [0, 0.05) is 29.3 Å². The maximum Gasteiger partial charge on any atom is 0.267 e. The van der Waals surface area contributed by atoms with E-state index in [0.717, 1.165) is 27.7 Å². The van der Waals surface area contributed by atoms with E-state index in [-0.39, 0.29) is 5.91 Å². The van der Waals surface area contributed by atoms with E-state index in [1.165, 1.54) is 11.3 Å². The van der Waals surface area contributed by atoms with E-state index in [9.17, 15) is 4.79 Å². The number of nitrogens with one attached hydrogen (secondary N) is 1. The van der Waals surface area contributed by atoms with Crippen molar-refractivity contribution in [3.8, 4) is 22.0 Å². The molecular weight excluding hydrogens is 384 g/mol. The van der Waals surface area contributed by atoms with Crippen LogP contribution in [-0.4, -0.2) is 27.0 Å². The molecule has 7 heteroatoms. The molecule has 2 aromatic carbocycles. The number of amides is 1. The minimum absolute atomic E-state index is 0.160. The molecule has 0 radical (unpaired) electrons. The minimum atomic E-state index is -0.160. The highest BCUT2D eigenvalue weighted by atomic mass is 32.1. The molecule has 0 unspecified atom stereocenters. The van der Waals surface area contributed by atoms with Crippen molar-refractivity contribution in [1.29, 1.82) is 0 Å². The van der Waals surface area contributed by atoms with Crippen LogP contribution in [-0.2, 0) is 0 Å². The number of aryl methyl sites for hydroxylation is 1. The summed E-state index contributed by atoms with van der Waals surface area (Å²) in [5, 5.41) is 3.76. The molecule has 1 N–H and O–H groups in total. The number of thiazole rings is 1. The van der Waals surface area contributed by atoms with Gasteiger partial charge in [0.05, 0.1) is 18.6 Å². The molecule has 6 nitrogen and oxygen atoms in total. The van der Waals surface area contributed by atoms with Crippen molar-refractivity contribution in [3.63, 3.8) is 0 Å². The van der Waals surface area contributed by atoms with Crippen LogP contribution in [0.2, 0.25) is 0 Å². The normalized spacial score (nSPS) is 10.7. The monoisotopic (exact) mass is 404 g/mol. The number of carbonyl (C=O) groups is 1. The first-order valence-corrected chi connectivity index (χ1v) is 10.1. The molecule has 0 saturated heterocycles. The SMILES string of the molecule is CCOc1ccc(-c2nc(C)c(C(=O)Nc3ccc(-n4ccnc4)cc3)s2)cc1. The van der Waals surface area contributed by atoms with Gasteiger partial charge in [0.15, 0.2) is 0 Å². The van der Waals surface area contributed by atoms with E-state index >= 15 is 0 Å². The second-order valence-electron chi connectivity index (χ2n) is 6.36. The van der Waals surface area contributed by atoms with Crippen LogP contribution in [0.3, 0.4) is 0 Å². The predicted molar refractivity (Wildman–Crippen MR) is 115 cm³/mol. The Labute approximate surface area is 172 Å². The number of aromatic nitrogens is 3. The molecule has 0 aliphatic rings. The smallest absolute Gasteiger partial charge is 0.267 e. The van der Waals surface area contributed by atoms with Gasteiger partial charge in [-0.2, -0.15) is 0 Å². The van der Waals surface area contributed by atoms with Gasteiger partial charge in [-0.25, -0.2) is 9.97 Å². The Morgan fingerprint density at radius 1 is 1.14 bits per heavy atom. The Morgan fingerprint density at radius 3 is 2.55 bits per heavy atom. The average Bonchev–Trinajstić information content (AvgIpc) is 3.39. The van der Waals surface area contributed by atoms with Crippen LogP contribution in [0.15, 0.2) is 67.3 Å². The number of benzene rings is 2. The third-order valence-corrected chi connectivity index (χ3v) is 5.55. The van der Waals surface area contributed by atoms with E-state index in [2.05, 4.69) is 15.3 Å². The quantitative estimate of drug-likeness (QED) is 0.493. The summed E-state index contributed by atoms with van der Waals surface area (Å²) in [6.45, 7) is 4.43. The molecule has 29 heavy (non-hydrogen) atoms. The number of imidazole rings is 1. The topological polar surface area (TPSA) is 69.0 Å². The molecule has 0 atom stereocenters. The molecule has 2 heterocycles. The average molecular weight is 404 g/mol. The first kappa shape index (κ1) is 18.9. The minimum Gasteiger partial charge on any atom is -0.494 e. The maximum absolute atomic E-state index is 12.8. The van der Waals surface area contributed by atoms with Crippen molar-refractivity contribution in [3.05, 3.63) is 77.8 Å². The second kappa shape index (κ2) is 8.28. The standard InChI is InChI=1S/C22H20N4O2S/c1-3-28-19-10-4-16(5-11-19)22-24-15(2)20(29-22)21(27)25-17-6-8-18(9-7-17)26-13-12-23-14-26/h4-14H,3H2,1-2H3,(H,25,27). The second-order valence-corrected chi connectivity index (χ2v) is 7.36. The van der Waals surface area contributed by atoms with Crippen LogP contribution < -0.4 is 10.1 Å². The molecule has 146 valence electrons. The Bertz CT molecular complexity index is 1100. The van der Waals surface area contributed by atoms with Crippen molar-refractivity contribution in [2.75, 3.05) is 11.9 Å². The highest BCUT2D eigenvalue weighted by molar-refractivity contribution is 7.17. The molecular formula is C22H20N4O2S. The summed E-state index contributed by atoms with van der Waals surface area (Å²) in [7, 11) is 0. The summed E-state index contributed by atoms with van der Waals surface area (Å²) >= 11 is 1.38. The lowest BCUT2D eigenvalue weighted by atomic mass is 10.2. The summed E-state index contributed by atoms with van der Waals surface area (Å²) in [5.41, 5.74) is 3.39. The van der Waals surface area contributed by atoms with Gasteiger partial charge in [0.1, 0.15) is 15.6 Å². The predicted octanol–water partition coefficient (Wildman–Crippen LogP) is 4.96. The highest BCUT2D eigenvalue weighted by Crippen LogP contribution is 2.30. The number of hydrogen-bond acceptors (Lipinski definition) is 5. The summed E-state index contributed by atoms with van der Waals surface area (Å²) in [6.07, 6.45) is 5.33. The van der Waals surface area contributed by atoms with Crippen LogP contribution in [0.5, 0.6) is 5.75 Å². The molecule has 0 saturated carbocycles. The van der Waals surface area contributed by atoms with Gasteiger partial charge in [-0.1, -0.05) is 0 Å². The Morgan fingerprint density at radius 2 is 1.90 bits per heavy atom. The van der Waals surface area contributed by atoms with Crippen molar-refractivity contribution < 1.29 is 9.53 Å². The molecule has 0 bridgehead atoms. The van der Waals surface area contributed by atoms with Crippen LogP contribution in [0, 0.1) is 6.92 Å². The zero-order valence-corrected chi connectivity index (χ0v) is 16.9. The summed E-state index contributed by atoms with van der Waals surface area (Å²) in [5.74, 6) is 0.661. The fourth-order valence-corrected chi connectivity index (χ4v) is 3.87. The van der Waals surface area contributed by atoms with Crippen LogP contribution >= 0.6 is 11.3 Å². The Balaban J connectivity index is 1.49. The maximum atomic E-state index is 12.8. The van der Waals surface area contributed by atoms with Gasteiger partial charge in [-0.05, 0) is 62.4 Å². The zero-order chi connectivity index (χ0) is 20.2. The van der Waals surface area contributed by atoms with Crippen molar-refractivity contribution in [1.82, 2.24) is 14.5 Å². The van der Waals surface area contributed by atoms with Crippen LogP contribution in [0.25, 0.3) is 16.3 Å². The number of carbonyl (C=O) groups excluding carboxylic acids is 1. The fourth-order valence-electron chi connectivity index (χ4n) is 2.91. The molecule has 4 aromatic rings. The molecule has 0 aliphatic carbocycles. The summed E-state index contributed by atoms with van der Waals surface area (Å²) in [4.78, 5) is 22.0. The van der Waals surface area contributed by atoms with E-state index in [4.69, 9.17) is 4.74 Å². The number of nitrogens with zero attached hydrogens (tertiary/aromatic N) is 3. The molecule has 0 fully saturated rings. The van der Waals surface area contributed by atoms with E-state index in [1.807, 2.05) is 73.1 Å². The van der Waals surface area contributed by atoms with Crippen molar-refractivity contribution in [2.45, 2.75) is 13.8 Å². The van der Waals surface area contributed by atoms with E-state index < -0.39 is 0 Å². The fraction of sp³-hybridized carbons (Fsp3) is 0.136. The van der Waals surface area contributed by atoms with Gasteiger partial charge in [-0.15, -0.1) is 11.3 Å². The zero-order valence-electron chi connectivity index (χ0n) is 16.1. The third-order valence-electron chi connectivity index (χ3n) is 4.34. The summed E-state index contributed by atoms with van der Waals surface area (Å²) < 4.78 is 7.38. The molecule has 0 aliphatic heterocycles. The number of ether oxygens (including phenoxy) is 1. The van der Waals surface area contributed by atoms with Crippen molar-refractivity contribution in [2.24, 2.45) is 0 Å². The Hall–Kier alpha value is -3.45. The van der Waals surface area contributed by atoms with Crippen molar-refractivity contribution >= 4 is 22.9 Å². The lowest BCUT2D eigenvalue weighted by Crippen LogP contribution is -2.11. The van der Waals surface area contributed by atoms with Gasteiger partial charge in [0.25, 0.3) is 5.91 Å². The lowest BCUT2D eigenvalue weighted by Gasteiger charge is -2.06. The van der Waals surface area contributed by atoms with Gasteiger partial charge >= 0.3 is 0 Å². The lowest BCUT2D eigenvalue weighted by molar-refractivity contribution is 0.103. The molecule has 2 aromatic heterocycles. The van der Waals surface area contributed by atoms with Gasteiger partial charge in [0.2, 0.25) is 0 Å². The number of hydrogen-bond donors (Lipinski definition) is 1. The molecule has 0 spiro atoms. The van der Waals surface area contributed by atoms with Gasteiger partial charge < -0.3 is 14.6 Å².